The Morgan fingerprint density at radius 1 is 0.127 bits per heavy atom. The summed E-state index contributed by atoms with van der Waals surface area (Å²) in [5, 5.41) is 4.74. The minimum absolute atomic E-state index is 0.540. The first-order chi connectivity index (χ1) is 66.4. The Labute approximate surface area is 774 Å². The molecule has 0 aliphatic heterocycles. The average molecular weight is 1720 g/mol. The Kier molecular flexibility index (Phi) is 21.4. The molecule has 0 bridgehead atoms. The Morgan fingerprint density at radius 3 is 0.664 bits per heavy atom. The van der Waals surface area contributed by atoms with Gasteiger partial charge in [0.05, 0.1) is 33.5 Å². The number of rotatable bonds is 18. The monoisotopic (exact) mass is 1710 g/mol. The third kappa shape index (κ3) is 16.1. The first kappa shape index (κ1) is 80.2. The molecule has 0 saturated heterocycles. The fraction of sp³-hybridized carbons (Fsp3) is 0. The Balaban J connectivity index is 0.000000151. The second-order valence-corrected chi connectivity index (χ2v) is 32.8. The molecule has 24 rings (SSSR count). The van der Waals surface area contributed by atoms with Gasteiger partial charge in [0.25, 0.3) is 0 Å². The molecular weight excluding hydrogens is 1640 g/mol. The highest BCUT2D eigenvalue weighted by molar-refractivity contribution is 6.18. The molecule has 0 aliphatic rings. The van der Waals surface area contributed by atoms with Crippen molar-refractivity contribution in [3.05, 3.63) is 479 Å². The van der Waals surface area contributed by atoms with Gasteiger partial charge in [0, 0.05) is 99.7 Å². The van der Waals surface area contributed by atoms with E-state index in [1.807, 2.05) is 200 Å². The topological polar surface area (TPSA) is 152 Å². The largest absolute Gasteiger partial charge is 0.309 e. The van der Waals surface area contributed by atoms with E-state index < -0.39 is 0 Å². The number of nitrogens with zero attached hydrogens (tertiary/aromatic N) is 13. The minimum atomic E-state index is 0.540. The SMILES string of the molecule is c1ccc(-c2ccc3c(c2)c2c(-c4cccc(-c5nc(-c6ccccc6)cc(-c6cccc(-c7nc(-c8ccccc8)nc(-c8ccccc8)n7)c6)n5)c4)cccc2n3-c2ccccc2)cc1.c1ccc(-c2ccc3c(c2)c2c(-c4cccc(-c5nc(-c6ccccc6)nc(-c6cccc(-c7nc(-c8ccccc8)nc(-c8ccccc8)n7)c6)n5)c4)cccc2n3-c2ccccc2)cc1. The molecule has 0 fully saturated rings. The fourth-order valence-electron chi connectivity index (χ4n) is 17.9. The summed E-state index contributed by atoms with van der Waals surface area (Å²) < 4.78 is 4.74. The second kappa shape index (κ2) is 35.7. The van der Waals surface area contributed by atoms with Gasteiger partial charge in [0.1, 0.15) is 0 Å². The van der Waals surface area contributed by atoms with E-state index in [4.69, 9.17) is 54.8 Å². The van der Waals surface area contributed by atoms with Crippen LogP contribution >= 0.6 is 0 Å². The van der Waals surface area contributed by atoms with E-state index in [9.17, 15) is 0 Å². The van der Waals surface area contributed by atoms with Gasteiger partial charge in [-0.2, -0.15) is 0 Å². The summed E-state index contributed by atoms with van der Waals surface area (Å²) in [6.07, 6.45) is 0. The average Bonchev–Trinajstić information content (AvgIpc) is 1.58. The summed E-state index contributed by atoms with van der Waals surface area (Å²) in [6, 6.07) is 165. The summed E-state index contributed by atoms with van der Waals surface area (Å²) in [6.45, 7) is 0. The Bertz CT molecular complexity index is 7830. The zero-order chi connectivity index (χ0) is 89.0. The molecule has 0 N–H and O–H groups in total. The quantitative estimate of drug-likeness (QED) is 0.0807. The maximum Gasteiger partial charge on any atom is 0.164 e. The maximum absolute atomic E-state index is 5.33. The number of hydrogen-bond acceptors (Lipinski definition) is 11. The summed E-state index contributed by atoms with van der Waals surface area (Å²) in [4.78, 5) is 56.0. The highest BCUT2D eigenvalue weighted by atomic mass is 15.1. The van der Waals surface area contributed by atoms with Crippen LogP contribution in [0.25, 0.3) is 236 Å². The third-order valence-electron chi connectivity index (χ3n) is 24.3. The second-order valence-electron chi connectivity index (χ2n) is 32.8. The van der Waals surface area contributed by atoms with E-state index in [0.29, 0.717) is 58.2 Å². The number of fused-ring (bicyclic) bond motifs is 6. The number of hydrogen-bond donors (Lipinski definition) is 0. The molecule has 0 saturated carbocycles. The molecule has 6 heterocycles. The standard InChI is InChI=1S/C61H40N6.C60H39N7/c1-6-19-41(20-7-1)45-35-36-55-52(39-45)57-51(33-18-34-56(57)67(55)50-31-14-5-15-32-50)46-27-16-29-48(37-46)60-62-53(42-21-8-2-9-22-42)40-54(63-60)47-28-17-30-49(38-47)61-65-58(43-23-10-3-11-24-43)64-59(66-61)44-25-12-4-13-26-44;1-6-19-40(20-7-1)44-35-36-52-51(39-44)54-50(33-18-34-53(54)67(52)49-31-14-5-15-32-49)45-27-16-28-46(37-45)58-64-57(43-25-12-4-13-26-43)65-60(66-58)48-30-17-29-47(38-48)59-62-55(41-21-8-2-9-22-41)61-56(63-59)42-23-10-3-11-24-42/h1-40H;1-39H. The first-order valence-corrected chi connectivity index (χ1v) is 44.7. The molecule has 6 aromatic heterocycles. The minimum Gasteiger partial charge on any atom is -0.309 e. The predicted molar refractivity (Wildman–Crippen MR) is 544 cm³/mol. The van der Waals surface area contributed by atoms with Crippen LogP contribution in [0.15, 0.2) is 479 Å². The third-order valence-corrected chi connectivity index (χ3v) is 24.3. The van der Waals surface area contributed by atoms with Crippen molar-refractivity contribution in [2.75, 3.05) is 0 Å². The van der Waals surface area contributed by atoms with Crippen molar-refractivity contribution in [1.82, 2.24) is 64.0 Å². The van der Waals surface area contributed by atoms with E-state index in [0.717, 1.165) is 134 Å². The van der Waals surface area contributed by atoms with Crippen LogP contribution in [-0.2, 0) is 0 Å². The molecule has 0 spiro atoms. The van der Waals surface area contributed by atoms with Crippen LogP contribution in [0.4, 0.5) is 0 Å². The van der Waals surface area contributed by atoms with Gasteiger partial charge in [-0.1, -0.05) is 388 Å². The van der Waals surface area contributed by atoms with E-state index in [1.54, 1.807) is 0 Å². The van der Waals surface area contributed by atoms with Gasteiger partial charge in [0.2, 0.25) is 0 Å². The zero-order valence-corrected chi connectivity index (χ0v) is 72.4. The smallest absolute Gasteiger partial charge is 0.164 e. The van der Waals surface area contributed by atoms with Crippen molar-refractivity contribution in [3.8, 4) is 192 Å². The first-order valence-electron chi connectivity index (χ1n) is 44.7. The number of benzene rings is 18. The molecule has 134 heavy (non-hydrogen) atoms. The van der Waals surface area contributed by atoms with Crippen molar-refractivity contribution in [3.63, 3.8) is 0 Å². The molecule has 13 heteroatoms. The zero-order valence-electron chi connectivity index (χ0n) is 72.4. The van der Waals surface area contributed by atoms with E-state index in [1.165, 1.54) is 43.8 Å². The van der Waals surface area contributed by atoms with Crippen molar-refractivity contribution in [2.45, 2.75) is 0 Å². The fourth-order valence-corrected chi connectivity index (χ4v) is 17.9. The number of aromatic nitrogens is 13. The molecule has 24 aromatic rings. The lowest BCUT2D eigenvalue weighted by Gasteiger charge is -2.12. The van der Waals surface area contributed by atoms with Gasteiger partial charge >= 0.3 is 0 Å². The van der Waals surface area contributed by atoms with Crippen molar-refractivity contribution >= 4 is 43.6 Å². The maximum atomic E-state index is 5.33. The van der Waals surface area contributed by atoms with Crippen LogP contribution < -0.4 is 0 Å². The van der Waals surface area contributed by atoms with Crippen LogP contribution in [0.1, 0.15) is 0 Å². The van der Waals surface area contributed by atoms with Gasteiger partial charge in [-0.3, -0.25) is 0 Å². The molecular formula is C121H79N13. The molecule has 0 atom stereocenters. The Morgan fingerprint density at radius 2 is 0.351 bits per heavy atom. The van der Waals surface area contributed by atoms with E-state index in [-0.39, 0.29) is 0 Å². The lowest BCUT2D eigenvalue weighted by atomic mass is 9.96. The van der Waals surface area contributed by atoms with E-state index >= 15 is 0 Å². The highest BCUT2D eigenvalue weighted by Gasteiger charge is 2.25. The lowest BCUT2D eigenvalue weighted by molar-refractivity contribution is 1.07. The van der Waals surface area contributed by atoms with Crippen LogP contribution in [0.3, 0.4) is 0 Å². The molecule has 0 radical (unpaired) electrons. The van der Waals surface area contributed by atoms with Crippen molar-refractivity contribution in [1.29, 1.82) is 0 Å². The van der Waals surface area contributed by atoms with Crippen molar-refractivity contribution in [2.24, 2.45) is 0 Å². The van der Waals surface area contributed by atoms with E-state index in [2.05, 4.69) is 288 Å². The summed E-state index contributed by atoms with van der Waals surface area (Å²) in [5.41, 5.74) is 28.3. The van der Waals surface area contributed by atoms with Gasteiger partial charge < -0.3 is 9.13 Å². The molecule has 0 aliphatic carbocycles. The van der Waals surface area contributed by atoms with Crippen LogP contribution in [0.5, 0.6) is 0 Å². The lowest BCUT2D eigenvalue weighted by Crippen LogP contribution is -2.02. The Hall–Kier alpha value is -18.3. The van der Waals surface area contributed by atoms with Gasteiger partial charge in [0.15, 0.2) is 58.2 Å². The highest BCUT2D eigenvalue weighted by Crippen LogP contribution is 2.45. The van der Waals surface area contributed by atoms with Gasteiger partial charge in [-0.25, -0.2) is 54.8 Å². The molecule has 13 nitrogen and oxygen atoms in total. The normalized spacial score (nSPS) is 11.3. The van der Waals surface area contributed by atoms with Crippen molar-refractivity contribution < 1.29 is 0 Å². The number of para-hydroxylation sites is 2. The van der Waals surface area contributed by atoms with Gasteiger partial charge in [-0.05, 0) is 136 Å². The summed E-state index contributed by atoms with van der Waals surface area (Å²) in [5.74, 6) is 5.88. The van der Waals surface area contributed by atoms with Crippen LogP contribution in [0, 0.1) is 0 Å². The van der Waals surface area contributed by atoms with Gasteiger partial charge in [-0.15, -0.1) is 0 Å². The summed E-state index contributed by atoms with van der Waals surface area (Å²) in [7, 11) is 0. The predicted octanol–water partition coefficient (Wildman–Crippen LogP) is 29.6. The molecule has 18 aromatic carbocycles. The molecule has 0 unspecified atom stereocenters. The molecule has 628 valence electrons. The van der Waals surface area contributed by atoms with Crippen LogP contribution in [-0.4, -0.2) is 64.0 Å². The molecule has 0 amide bonds. The van der Waals surface area contributed by atoms with Crippen LogP contribution in [0.2, 0.25) is 0 Å². The summed E-state index contributed by atoms with van der Waals surface area (Å²) >= 11 is 0.